The third kappa shape index (κ3) is 5.21. The molecule has 8 heteroatoms. The van der Waals surface area contributed by atoms with E-state index in [1.165, 1.54) is 19.2 Å². The van der Waals surface area contributed by atoms with Crippen LogP contribution in [0.3, 0.4) is 0 Å². The lowest BCUT2D eigenvalue weighted by atomic mass is 9.94. The highest BCUT2D eigenvalue weighted by molar-refractivity contribution is 7.89. The van der Waals surface area contributed by atoms with Crippen LogP contribution in [0, 0.1) is 11.8 Å². The van der Waals surface area contributed by atoms with Gasteiger partial charge in [-0.15, -0.1) is 0 Å². The normalized spacial score (nSPS) is 21.8. The predicted molar refractivity (Wildman–Crippen MR) is 101 cm³/mol. The van der Waals surface area contributed by atoms with Gasteiger partial charge in [-0.3, -0.25) is 4.79 Å². The number of hydrogen-bond acceptors (Lipinski definition) is 5. The van der Waals surface area contributed by atoms with Gasteiger partial charge >= 0.3 is 0 Å². The summed E-state index contributed by atoms with van der Waals surface area (Å²) >= 11 is 0. The number of benzene rings is 1. The Bertz CT molecular complexity index is 729. The second kappa shape index (κ2) is 9.03. The Labute approximate surface area is 161 Å². The Morgan fingerprint density at radius 2 is 1.93 bits per heavy atom. The Morgan fingerprint density at radius 1 is 1.22 bits per heavy atom. The third-order valence-electron chi connectivity index (χ3n) is 5.33. The summed E-state index contributed by atoms with van der Waals surface area (Å²) in [5.74, 6) is 0.994. The molecule has 1 N–H and O–H groups in total. The smallest absolute Gasteiger partial charge is 0.240 e. The highest BCUT2D eigenvalue weighted by Crippen LogP contribution is 2.23. The topological polar surface area (TPSA) is 84.9 Å². The molecule has 2 aliphatic rings. The van der Waals surface area contributed by atoms with Crippen molar-refractivity contribution < 1.29 is 22.7 Å². The molecule has 0 bridgehead atoms. The van der Waals surface area contributed by atoms with Gasteiger partial charge in [0, 0.05) is 38.8 Å². The highest BCUT2D eigenvalue weighted by atomic mass is 32.2. The van der Waals surface area contributed by atoms with Crippen molar-refractivity contribution in [2.24, 2.45) is 11.8 Å². The minimum atomic E-state index is -3.57. The molecule has 0 aromatic heterocycles. The van der Waals surface area contributed by atoms with Crippen LogP contribution in [0.4, 0.5) is 0 Å². The summed E-state index contributed by atoms with van der Waals surface area (Å²) in [6.45, 7) is 3.01. The second-order valence-electron chi connectivity index (χ2n) is 7.21. The lowest BCUT2D eigenvalue weighted by Gasteiger charge is -2.36. The summed E-state index contributed by atoms with van der Waals surface area (Å²) in [4.78, 5) is 14.8. The van der Waals surface area contributed by atoms with E-state index < -0.39 is 10.0 Å². The van der Waals surface area contributed by atoms with E-state index >= 15 is 0 Å². The van der Waals surface area contributed by atoms with Crippen LogP contribution in [-0.2, 0) is 19.6 Å². The van der Waals surface area contributed by atoms with Crippen LogP contribution >= 0.6 is 0 Å². The third-order valence-corrected chi connectivity index (χ3v) is 6.77. The largest absolute Gasteiger partial charge is 0.497 e. The van der Waals surface area contributed by atoms with Gasteiger partial charge in [0.05, 0.1) is 12.0 Å². The van der Waals surface area contributed by atoms with Gasteiger partial charge in [0.2, 0.25) is 15.9 Å². The first kappa shape index (κ1) is 20.1. The van der Waals surface area contributed by atoms with Gasteiger partial charge in [-0.2, -0.15) is 0 Å². The lowest BCUT2D eigenvalue weighted by molar-refractivity contribution is -0.140. The Morgan fingerprint density at radius 3 is 2.59 bits per heavy atom. The Balaban J connectivity index is 1.54. The number of hydrogen-bond donors (Lipinski definition) is 1. The van der Waals surface area contributed by atoms with Crippen molar-refractivity contribution in [3.63, 3.8) is 0 Å². The van der Waals surface area contributed by atoms with E-state index in [0.29, 0.717) is 32.1 Å². The van der Waals surface area contributed by atoms with Crippen molar-refractivity contribution in [3.8, 4) is 5.75 Å². The Hall–Kier alpha value is -1.64. The fraction of sp³-hybridized carbons (Fsp3) is 0.632. The predicted octanol–water partition coefficient (Wildman–Crippen LogP) is 1.64. The zero-order valence-corrected chi connectivity index (χ0v) is 16.5. The first-order chi connectivity index (χ1) is 13.0. The van der Waals surface area contributed by atoms with Crippen LogP contribution in [0.25, 0.3) is 0 Å². The summed E-state index contributed by atoms with van der Waals surface area (Å²) in [7, 11) is -2.03. The zero-order chi connectivity index (χ0) is 19.3. The lowest BCUT2D eigenvalue weighted by Crippen LogP contribution is -2.46. The van der Waals surface area contributed by atoms with Crippen LogP contribution < -0.4 is 9.46 Å². The zero-order valence-electron chi connectivity index (χ0n) is 15.7. The quantitative estimate of drug-likeness (QED) is 0.790. The molecule has 150 valence electrons. The number of amides is 1. The molecule has 0 saturated carbocycles. The number of carbonyl (C=O) groups excluding carboxylic acids is 1. The fourth-order valence-electron chi connectivity index (χ4n) is 3.70. The molecular formula is C19H28N2O5S. The molecule has 1 aromatic carbocycles. The summed E-state index contributed by atoms with van der Waals surface area (Å²) in [5.41, 5.74) is 0. The van der Waals surface area contributed by atoms with E-state index in [2.05, 4.69) is 4.72 Å². The van der Waals surface area contributed by atoms with Crippen LogP contribution in [0.2, 0.25) is 0 Å². The van der Waals surface area contributed by atoms with Crippen molar-refractivity contribution >= 4 is 15.9 Å². The molecule has 27 heavy (non-hydrogen) atoms. The molecule has 0 radical (unpaired) electrons. The van der Waals surface area contributed by atoms with E-state index in [4.69, 9.17) is 9.47 Å². The number of piperidine rings is 1. The minimum absolute atomic E-state index is 0.0495. The van der Waals surface area contributed by atoms with E-state index in [9.17, 15) is 13.2 Å². The van der Waals surface area contributed by atoms with E-state index in [1.807, 2.05) is 4.90 Å². The molecule has 2 aliphatic heterocycles. The maximum absolute atomic E-state index is 12.7. The van der Waals surface area contributed by atoms with Crippen molar-refractivity contribution in [1.29, 1.82) is 0 Å². The van der Waals surface area contributed by atoms with E-state index in [1.54, 1.807) is 12.1 Å². The van der Waals surface area contributed by atoms with Crippen molar-refractivity contribution in [2.75, 3.05) is 40.0 Å². The number of nitrogens with one attached hydrogen (secondary N) is 1. The van der Waals surface area contributed by atoms with Gasteiger partial charge in [-0.25, -0.2) is 13.1 Å². The van der Waals surface area contributed by atoms with Gasteiger partial charge < -0.3 is 14.4 Å². The summed E-state index contributed by atoms with van der Waals surface area (Å²) < 4.78 is 38.1. The molecule has 2 fully saturated rings. The first-order valence-electron chi connectivity index (χ1n) is 9.50. The highest BCUT2D eigenvalue weighted by Gasteiger charge is 2.30. The molecule has 1 atom stereocenters. The molecule has 3 rings (SSSR count). The van der Waals surface area contributed by atoms with Gasteiger partial charge in [-0.1, -0.05) is 0 Å². The molecule has 1 amide bonds. The number of methoxy groups -OCH3 is 1. The number of likely N-dealkylation sites (tertiary alicyclic amines) is 1. The summed E-state index contributed by atoms with van der Waals surface area (Å²) in [6.07, 6.45) is 3.39. The molecule has 0 spiro atoms. The molecule has 1 unspecified atom stereocenters. The summed E-state index contributed by atoms with van der Waals surface area (Å²) in [5, 5.41) is 0. The van der Waals surface area contributed by atoms with Gasteiger partial charge in [-0.05, 0) is 55.9 Å². The molecular weight excluding hydrogens is 368 g/mol. The maximum Gasteiger partial charge on any atom is 0.240 e. The van der Waals surface area contributed by atoms with Gasteiger partial charge in [0.15, 0.2) is 0 Å². The molecule has 1 aromatic rings. The standard InChI is InChI=1S/C19H28N2O5S/c1-25-17-4-6-18(7-5-17)27(23,24)20-13-15-3-2-10-21(14-15)19(22)16-8-11-26-12-9-16/h4-7,15-16,20H,2-3,8-14H2,1H3. The second-order valence-corrected chi connectivity index (χ2v) is 8.97. The average molecular weight is 397 g/mol. The average Bonchev–Trinajstić information content (AvgIpc) is 2.72. The number of nitrogens with zero attached hydrogens (tertiary/aromatic N) is 1. The minimum Gasteiger partial charge on any atom is -0.497 e. The molecule has 7 nitrogen and oxygen atoms in total. The first-order valence-corrected chi connectivity index (χ1v) is 11.0. The van der Waals surface area contributed by atoms with Crippen molar-refractivity contribution in [3.05, 3.63) is 24.3 Å². The summed E-state index contributed by atoms with van der Waals surface area (Å²) in [6, 6.07) is 6.32. The van der Waals surface area contributed by atoms with Gasteiger partial charge in [0.25, 0.3) is 0 Å². The van der Waals surface area contributed by atoms with Crippen LogP contribution in [-0.4, -0.2) is 59.2 Å². The molecule has 0 aliphatic carbocycles. The van der Waals surface area contributed by atoms with Crippen LogP contribution in [0.1, 0.15) is 25.7 Å². The SMILES string of the molecule is COc1ccc(S(=O)(=O)NCC2CCCN(C(=O)C3CCOCC3)C2)cc1. The van der Waals surface area contributed by atoms with Crippen LogP contribution in [0.15, 0.2) is 29.2 Å². The van der Waals surface area contributed by atoms with Gasteiger partial charge in [0.1, 0.15) is 5.75 Å². The maximum atomic E-state index is 12.7. The fourth-order valence-corrected chi connectivity index (χ4v) is 4.82. The monoisotopic (exact) mass is 396 g/mol. The van der Waals surface area contributed by atoms with Crippen molar-refractivity contribution in [2.45, 2.75) is 30.6 Å². The Kier molecular flexibility index (Phi) is 6.73. The van der Waals surface area contributed by atoms with E-state index in [-0.39, 0.29) is 22.6 Å². The number of carbonyl (C=O) groups is 1. The van der Waals surface area contributed by atoms with E-state index in [0.717, 1.165) is 32.2 Å². The van der Waals surface area contributed by atoms with Crippen LogP contribution in [0.5, 0.6) is 5.75 Å². The molecule has 2 saturated heterocycles. The number of sulfonamides is 1. The van der Waals surface area contributed by atoms with Crippen molar-refractivity contribution in [1.82, 2.24) is 9.62 Å². The number of ether oxygens (including phenoxy) is 2. The molecule has 2 heterocycles. The number of rotatable bonds is 6.